The van der Waals surface area contributed by atoms with Gasteiger partial charge in [0.15, 0.2) is 0 Å². The Morgan fingerprint density at radius 2 is 1.68 bits per heavy atom. The Labute approximate surface area is 140 Å². The van der Waals surface area contributed by atoms with Crippen LogP contribution in [0.15, 0.2) is 24.3 Å². The second-order valence-electron chi connectivity index (χ2n) is 5.60. The molecule has 0 aromatic heterocycles. The fourth-order valence-corrected chi connectivity index (χ4v) is 3.02. The van der Waals surface area contributed by atoms with E-state index in [0.717, 1.165) is 12.0 Å². The van der Waals surface area contributed by atoms with E-state index in [1.807, 2.05) is 31.2 Å². The first-order valence-electron chi connectivity index (χ1n) is 7.34. The maximum Gasteiger partial charge on any atom is 0.279 e. The third-order valence-electron chi connectivity index (χ3n) is 3.47. The number of nitrogens with one attached hydrogen (secondary N) is 1. The van der Waals surface area contributed by atoms with Gasteiger partial charge < -0.3 is 5.73 Å². The fourth-order valence-electron chi connectivity index (χ4n) is 1.99. The zero-order valence-corrected chi connectivity index (χ0v) is 15.4. The lowest BCUT2D eigenvalue weighted by atomic mass is 9.99. The Kier molecular flexibility index (Phi) is 9.19. The topological polar surface area (TPSA) is 75.4 Å². The summed E-state index contributed by atoms with van der Waals surface area (Å²) < 4.78 is 27.8. The third kappa shape index (κ3) is 6.22. The maximum atomic E-state index is 12.0. The molecule has 0 aliphatic rings. The predicted molar refractivity (Wildman–Crippen MR) is 94.6 cm³/mol. The van der Waals surface area contributed by atoms with Gasteiger partial charge in [0.25, 0.3) is 10.2 Å². The number of nitrogens with two attached hydrogens (primary N) is 1. The number of rotatable bonds is 8. The van der Waals surface area contributed by atoms with E-state index in [0.29, 0.717) is 12.5 Å². The largest absolute Gasteiger partial charge is 0.323 e. The minimum atomic E-state index is -3.44. The highest BCUT2D eigenvalue weighted by molar-refractivity contribution is 7.87. The molecule has 1 rings (SSSR count). The molecule has 22 heavy (non-hydrogen) atoms. The Balaban J connectivity index is 0.00000441. The van der Waals surface area contributed by atoms with E-state index in [-0.39, 0.29) is 25.0 Å². The van der Waals surface area contributed by atoms with Crippen molar-refractivity contribution in [3.8, 4) is 0 Å². The van der Waals surface area contributed by atoms with Crippen LogP contribution in [0.5, 0.6) is 0 Å². The molecule has 0 saturated carbocycles. The Morgan fingerprint density at radius 1 is 1.18 bits per heavy atom. The molecular formula is C15H28ClN3O2S. The van der Waals surface area contributed by atoms with E-state index in [1.54, 1.807) is 7.05 Å². The standard InChI is InChI=1S/C15H27N3O2S.ClH/c1-5-10-18(4)21(19,20)17-11-15(16)14-8-6-13(7-9-14)12(2)3;/h6-9,12,15,17H,5,10-11,16H2,1-4H3;1H. The molecular weight excluding hydrogens is 322 g/mol. The van der Waals surface area contributed by atoms with E-state index in [4.69, 9.17) is 5.73 Å². The SMILES string of the molecule is CCCN(C)S(=O)(=O)NCC(N)c1ccc(C(C)C)cc1.Cl. The van der Waals surface area contributed by atoms with Crippen LogP contribution in [0.3, 0.4) is 0 Å². The lowest BCUT2D eigenvalue weighted by Crippen LogP contribution is -2.41. The molecule has 1 atom stereocenters. The van der Waals surface area contributed by atoms with E-state index in [2.05, 4.69) is 18.6 Å². The van der Waals surface area contributed by atoms with Crippen LogP contribution in [-0.2, 0) is 10.2 Å². The maximum absolute atomic E-state index is 12.0. The van der Waals surface area contributed by atoms with Crippen molar-refractivity contribution in [1.82, 2.24) is 9.03 Å². The molecule has 0 aliphatic heterocycles. The van der Waals surface area contributed by atoms with Crippen molar-refractivity contribution in [2.75, 3.05) is 20.1 Å². The highest BCUT2D eigenvalue weighted by Gasteiger charge is 2.18. The van der Waals surface area contributed by atoms with Crippen molar-refractivity contribution in [3.63, 3.8) is 0 Å². The second kappa shape index (κ2) is 9.47. The summed E-state index contributed by atoms with van der Waals surface area (Å²) in [6, 6.07) is 7.65. The Bertz CT molecular complexity index is 532. The average molecular weight is 350 g/mol. The molecule has 0 saturated heterocycles. The van der Waals surface area contributed by atoms with Gasteiger partial charge in [-0.1, -0.05) is 45.0 Å². The van der Waals surface area contributed by atoms with Gasteiger partial charge in [-0.15, -0.1) is 12.4 Å². The Morgan fingerprint density at radius 3 is 2.14 bits per heavy atom. The molecule has 128 valence electrons. The lowest BCUT2D eigenvalue weighted by Gasteiger charge is -2.19. The van der Waals surface area contributed by atoms with Crippen molar-refractivity contribution < 1.29 is 8.42 Å². The van der Waals surface area contributed by atoms with Gasteiger partial charge in [-0.25, -0.2) is 4.72 Å². The summed E-state index contributed by atoms with van der Waals surface area (Å²) in [7, 11) is -1.88. The normalized spacial score (nSPS) is 13.2. The first-order chi connectivity index (χ1) is 9.77. The van der Waals surface area contributed by atoms with Crippen molar-refractivity contribution in [2.24, 2.45) is 5.73 Å². The molecule has 0 fully saturated rings. The highest BCUT2D eigenvalue weighted by Crippen LogP contribution is 2.17. The highest BCUT2D eigenvalue weighted by atomic mass is 35.5. The van der Waals surface area contributed by atoms with Crippen LogP contribution in [0, 0.1) is 0 Å². The van der Waals surface area contributed by atoms with Gasteiger partial charge in [-0.3, -0.25) is 0 Å². The van der Waals surface area contributed by atoms with E-state index < -0.39 is 10.2 Å². The number of hydrogen-bond acceptors (Lipinski definition) is 3. The summed E-state index contributed by atoms with van der Waals surface area (Å²) in [5, 5.41) is 0. The van der Waals surface area contributed by atoms with Crippen LogP contribution in [0.1, 0.15) is 50.3 Å². The quantitative estimate of drug-likeness (QED) is 0.756. The van der Waals surface area contributed by atoms with Gasteiger partial charge in [0.1, 0.15) is 0 Å². The first-order valence-corrected chi connectivity index (χ1v) is 8.78. The monoisotopic (exact) mass is 349 g/mol. The molecule has 1 unspecified atom stereocenters. The van der Waals surface area contributed by atoms with E-state index in [9.17, 15) is 8.42 Å². The summed E-state index contributed by atoms with van der Waals surface area (Å²) in [6.07, 6.45) is 0.778. The molecule has 5 nitrogen and oxygen atoms in total. The number of halogens is 1. The van der Waals surface area contributed by atoms with Gasteiger partial charge in [0.05, 0.1) is 0 Å². The molecule has 0 bridgehead atoms. The van der Waals surface area contributed by atoms with Gasteiger partial charge in [-0.05, 0) is 23.5 Å². The van der Waals surface area contributed by atoms with Crippen LogP contribution < -0.4 is 10.5 Å². The van der Waals surface area contributed by atoms with E-state index in [1.165, 1.54) is 9.87 Å². The minimum absolute atomic E-state index is 0. The predicted octanol–water partition coefficient (Wildman–Crippen LogP) is 2.41. The zero-order valence-electron chi connectivity index (χ0n) is 13.7. The van der Waals surface area contributed by atoms with Gasteiger partial charge in [-0.2, -0.15) is 12.7 Å². The third-order valence-corrected chi connectivity index (χ3v) is 5.00. The average Bonchev–Trinajstić information content (AvgIpc) is 2.45. The van der Waals surface area contributed by atoms with Crippen LogP contribution >= 0.6 is 12.4 Å². The smallest absolute Gasteiger partial charge is 0.279 e. The fraction of sp³-hybridized carbons (Fsp3) is 0.600. The van der Waals surface area contributed by atoms with Crippen LogP contribution in [-0.4, -0.2) is 32.9 Å². The van der Waals surface area contributed by atoms with Crippen LogP contribution in [0.4, 0.5) is 0 Å². The van der Waals surface area contributed by atoms with Crippen molar-refractivity contribution in [3.05, 3.63) is 35.4 Å². The molecule has 0 radical (unpaired) electrons. The van der Waals surface area contributed by atoms with Crippen LogP contribution in [0.25, 0.3) is 0 Å². The molecule has 1 aromatic rings. The van der Waals surface area contributed by atoms with Crippen LogP contribution in [0.2, 0.25) is 0 Å². The number of benzene rings is 1. The second-order valence-corrected chi connectivity index (χ2v) is 7.47. The number of nitrogens with zero attached hydrogens (tertiary/aromatic N) is 1. The van der Waals surface area contributed by atoms with Crippen molar-refractivity contribution in [2.45, 2.75) is 39.2 Å². The molecule has 0 amide bonds. The molecule has 7 heteroatoms. The number of hydrogen-bond donors (Lipinski definition) is 2. The molecule has 3 N–H and O–H groups in total. The summed E-state index contributed by atoms with van der Waals surface area (Å²) >= 11 is 0. The summed E-state index contributed by atoms with van der Waals surface area (Å²) in [5.74, 6) is 0.469. The first kappa shape index (κ1) is 21.3. The van der Waals surface area contributed by atoms with Gasteiger partial charge >= 0.3 is 0 Å². The van der Waals surface area contributed by atoms with Gasteiger partial charge in [0, 0.05) is 26.2 Å². The molecule has 0 spiro atoms. The molecule has 1 aromatic carbocycles. The molecule has 0 heterocycles. The summed E-state index contributed by atoms with van der Waals surface area (Å²) in [6.45, 7) is 6.89. The van der Waals surface area contributed by atoms with Crippen molar-refractivity contribution >= 4 is 22.6 Å². The summed E-state index contributed by atoms with van der Waals surface area (Å²) in [4.78, 5) is 0. The summed E-state index contributed by atoms with van der Waals surface area (Å²) in [5.41, 5.74) is 8.23. The van der Waals surface area contributed by atoms with Gasteiger partial charge in [0.2, 0.25) is 0 Å². The molecule has 0 aliphatic carbocycles. The van der Waals surface area contributed by atoms with E-state index >= 15 is 0 Å². The lowest BCUT2D eigenvalue weighted by molar-refractivity contribution is 0.454. The zero-order chi connectivity index (χ0) is 16.0. The minimum Gasteiger partial charge on any atom is -0.323 e. The Hall–Kier alpha value is -0.660. The van der Waals surface area contributed by atoms with Crippen molar-refractivity contribution in [1.29, 1.82) is 0 Å².